The maximum Gasteiger partial charge on any atom is 0.354 e. The number of hydrogen-bond donors (Lipinski definition) is 1. The van der Waals surface area contributed by atoms with Gasteiger partial charge in [0.05, 0.1) is 11.4 Å². The van der Waals surface area contributed by atoms with Gasteiger partial charge >= 0.3 is 5.97 Å². The van der Waals surface area contributed by atoms with Crippen molar-refractivity contribution in [3.8, 4) is 22.4 Å². The third kappa shape index (κ3) is 3.78. The molecule has 0 atom stereocenters. The van der Waals surface area contributed by atoms with Gasteiger partial charge in [-0.1, -0.05) is 78.4 Å². The predicted molar refractivity (Wildman–Crippen MR) is 128 cm³/mol. The summed E-state index contributed by atoms with van der Waals surface area (Å²) < 4.78 is 28.0. The number of benzene rings is 2. The van der Waals surface area contributed by atoms with Crippen LogP contribution >= 0.6 is 0 Å². The Morgan fingerprint density at radius 3 is 1.97 bits per heavy atom. The van der Waals surface area contributed by atoms with Gasteiger partial charge in [-0.2, -0.15) is 0 Å². The first-order chi connectivity index (χ1) is 17.5. The maximum absolute atomic E-state index is 14.6. The van der Waals surface area contributed by atoms with Gasteiger partial charge in [-0.25, -0.2) is 18.6 Å². The molecule has 184 valence electrons. The van der Waals surface area contributed by atoms with Gasteiger partial charge in [-0.05, 0) is 46.1 Å². The van der Waals surface area contributed by atoms with Crippen molar-refractivity contribution in [1.29, 1.82) is 0 Å². The number of halogens is 2. The molecule has 37 heavy (non-hydrogen) atoms. The number of aromatic nitrogens is 3. The fraction of sp³-hybridized carbons (Fsp3) is 0.0345. The summed E-state index contributed by atoms with van der Waals surface area (Å²) in [6, 6.07) is 29.1. The van der Waals surface area contributed by atoms with E-state index in [1.807, 2.05) is 48.5 Å². The van der Waals surface area contributed by atoms with Crippen LogP contribution in [0.1, 0.15) is 33.0 Å². The van der Waals surface area contributed by atoms with Crippen molar-refractivity contribution in [2.24, 2.45) is 0 Å². The molecule has 1 N–H and O–H groups in total. The van der Waals surface area contributed by atoms with Gasteiger partial charge in [0, 0.05) is 21.1 Å². The van der Waals surface area contributed by atoms with E-state index in [1.165, 1.54) is 6.07 Å². The van der Waals surface area contributed by atoms with Gasteiger partial charge in [-0.3, -0.25) is 9.97 Å². The quantitative estimate of drug-likeness (QED) is 0.193. The van der Waals surface area contributed by atoms with Crippen LogP contribution in [0.4, 0.5) is 8.78 Å². The van der Waals surface area contributed by atoms with E-state index in [4.69, 9.17) is 4.98 Å². The molecule has 0 radical (unpaired) electrons. The van der Waals surface area contributed by atoms with Crippen LogP contribution in [-0.4, -0.2) is 26.0 Å². The molecule has 3 aromatic heterocycles. The normalized spacial score (nSPS) is 12.8. The minimum Gasteiger partial charge on any atom is -0.477 e. The Morgan fingerprint density at radius 2 is 1.35 bits per heavy atom. The first-order valence-corrected chi connectivity index (χ1v) is 11.1. The third-order valence-electron chi connectivity index (χ3n) is 6.44. The van der Waals surface area contributed by atoms with Crippen LogP contribution in [0.2, 0.25) is 0 Å². The average molecular weight is 672 g/mol. The second-order valence-electron chi connectivity index (χ2n) is 8.35. The number of fused-ring (bicyclic) bond motifs is 3. The number of aromatic carboxylic acids is 1. The summed E-state index contributed by atoms with van der Waals surface area (Å²) in [5.74, 6) is -3.15. The van der Waals surface area contributed by atoms with E-state index < -0.39 is 23.3 Å². The number of nitrogens with zero attached hydrogens (tertiary/aromatic N) is 3. The predicted octanol–water partition coefficient (Wildman–Crippen LogP) is 5.68. The standard InChI is InChI=1S/C29H16F2N3O2.Pt/c30-26-16-15-19(27(31)34-26)22-11-5-13-24(32-22)29(25-14-6-12-23(33-25)28(35)36)20-9-3-1-7-17(20)18-8-2-4-10-21(18)29;/h1-14,16H,(H,35,36);/q-1;. The van der Waals surface area contributed by atoms with Crippen molar-refractivity contribution >= 4 is 5.97 Å². The Hall–Kier alpha value is -4.09. The molecule has 0 unspecified atom stereocenters. The van der Waals surface area contributed by atoms with Crippen molar-refractivity contribution in [2.75, 3.05) is 0 Å². The number of carboxylic acid groups (broad SMARTS) is 1. The summed E-state index contributed by atoms with van der Waals surface area (Å²) in [4.78, 5) is 24.5. The monoisotopic (exact) mass is 671 g/mol. The molecule has 2 aromatic carbocycles. The minimum absolute atomic E-state index is 0. The van der Waals surface area contributed by atoms with E-state index in [9.17, 15) is 18.7 Å². The minimum atomic E-state index is -1.15. The van der Waals surface area contributed by atoms with E-state index in [1.54, 1.807) is 30.3 Å². The maximum atomic E-state index is 14.6. The van der Waals surface area contributed by atoms with Crippen molar-refractivity contribution in [3.63, 3.8) is 0 Å². The molecule has 1 aliphatic rings. The van der Waals surface area contributed by atoms with Crippen LogP contribution in [0, 0.1) is 18.0 Å². The van der Waals surface area contributed by atoms with Crippen LogP contribution in [0.25, 0.3) is 22.4 Å². The van der Waals surface area contributed by atoms with E-state index in [2.05, 4.69) is 16.0 Å². The summed E-state index contributed by atoms with van der Waals surface area (Å²) in [5.41, 5.74) is 3.59. The van der Waals surface area contributed by atoms with Gasteiger partial charge < -0.3 is 5.11 Å². The molecule has 3 heterocycles. The fourth-order valence-electron chi connectivity index (χ4n) is 5.02. The van der Waals surface area contributed by atoms with E-state index in [0.29, 0.717) is 11.4 Å². The van der Waals surface area contributed by atoms with Crippen LogP contribution in [0.5, 0.6) is 0 Å². The zero-order valence-corrected chi connectivity index (χ0v) is 21.2. The van der Waals surface area contributed by atoms with Gasteiger partial charge in [0.1, 0.15) is 23.0 Å². The van der Waals surface area contributed by atoms with Gasteiger partial charge in [0.25, 0.3) is 0 Å². The molecule has 0 bridgehead atoms. The largest absolute Gasteiger partial charge is 0.477 e. The van der Waals surface area contributed by atoms with Gasteiger partial charge in [-0.15, -0.1) is 6.07 Å². The van der Waals surface area contributed by atoms with Crippen LogP contribution in [0.3, 0.4) is 0 Å². The fourth-order valence-corrected chi connectivity index (χ4v) is 5.02. The Labute approximate surface area is 225 Å². The second kappa shape index (κ2) is 9.41. The molecule has 0 spiro atoms. The summed E-state index contributed by atoms with van der Waals surface area (Å²) in [7, 11) is 0. The zero-order valence-electron chi connectivity index (χ0n) is 18.9. The van der Waals surface area contributed by atoms with E-state index in [0.717, 1.165) is 28.3 Å². The van der Waals surface area contributed by atoms with Crippen LogP contribution < -0.4 is 0 Å². The van der Waals surface area contributed by atoms with E-state index in [-0.39, 0.29) is 38.0 Å². The molecule has 5 nitrogen and oxygen atoms in total. The summed E-state index contributed by atoms with van der Waals surface area (Å²) in [5, 5.41) is 9.68. The Bertz CT molecular complexity index is 1630. The van der Waals surface area contributed by atoms with Gasteiger partial charge in [0.2, 0.25) is 0 Å². The molecular weight excluding hydrogens is 655 g/mol. The molecule has 0 amide bonds. The van der Waals surface area contributed by atoms with Crippen LogP contribution in [0.15, 0.2) is 91.0 Å². The molecule has 0 saturated carbocycles. The molecule has 6 rings (SSSR count). The Balaban J connectivity index is 0.00000280. The SMILES string of the molecule is O=C(O)c1cccc(C2(c3cccc(-c4[c-]cc(F)nc4F)n3)c3ccccc3-c3ccccc32)n1.[Pt]. The smallest absolute Gasteiger partial charge is 0.354 e. The molecule has 0 aliphatic heterocycles. The number of carbonyl (C=O) groups is 1. The topological polar surface area (TPSA) is 76.0 Å². The molecule has 8 heteroatoms. The molecule has 0 fully saturated rings. The number of carboxylic acids is 1. The molecular formula is C29H16F2N3O2Pt-. The Kier molecular flexibility index (Phi) is 6.26. The average Bonchev–Trinajstić information content (AvgIpc) is 3.20. The van der Waals surface area contributed by atoms with Crippen LogP contribution in [-0.2, 0) is 26.5 Å². The molecule has 1 aliphatic carbocycles. The number of pyridine rings is 3. The van der Waals surface area contributed by atoms with Crippen molar-refractivity contribution in [1.82, 2.24) is 15.0 Å². The third-order valence-corrected chi connectivity index (χ3v) is 6.44. The Morgan fingerprint density at radius 1 is 0.757 bits per heavy atom. The second-order valence-corrected chi connectivity index (χ2v) is 8.35. The summed E-state index contributed by atoms with van der Waals surface area (Å²) in [6.45, 7) is 0. The molecule has 5 aromatic rings. The summed E-state index contributed by atoms with van der Waals surface area (Å²) in [6.07, 6.45) is 0. The van der Waals surface area contributed by atoms with E-state index >= 15 is 0 Å². The zero-order chi connectivity index (χ0) is 24.9. The number of hydrogen-bond acceptors (Lipinski definition) is 4. The summed E-state index contributed by atoms with van der Waals surface area (Å²) >= 11 is 0. The van der Waals surface area contributed by atoms with Gasteiger partial charge in [0.15, 0.2) is 0 Å². The first-order valence-electron chi connectivity index (χ1n) is 11.1. The first kappa shape index (κ1) is 24.6. The molecule has 0 saturated heterocycles. The van der Waals surface area contributed by atoms with Crippen molar-refractivity contribution < 1.29 is 39.7 Å². The van der Waals surface area contributed by atoms with Crippen molar-refractivity contribution in [3.05, 3.63) is 137 Å². The van der Waals surface area contributed by atoms with Crippen molar-refractivity contribution in [2.45, 2.75) is 5.41 Å². The number of rotatable bonds is 4.